The van der Waals surface area contributed by atoms with E-state index in [0.29, 0.717) is 0 Å². The van der Waals surface area contributed by atoms with Gasteiger partial charge in [-0.05, 0) is 53.1 Å². The molecule has 1 aromatic heterocycles. The molecule has 0 aliphatic carbocycles. The Kier molecular flexibility index (Phi) is 7.20. The van der Waals surface area contributed by atoms with Crippen LogP contribution in [0.1, 0.15) is 50.9 Å². The number of nitrogens with one attached hydrogen (secondary N) is 2. The highest BCUT2D eigenvalue weighted by Crippen LogP contribution is 2.22. The van der Waals surface area contributed by atoms with Crippen LogP contribution < -0.4 is 10.6 Å². The third kappa shape index (κ3) is 4.84. The lowest BCUT2D eigenvalue weighted by molar-refractivity contribution is -0.127. The molecule has 1 atom stereocenters. The minimum atomic E-state index is -0.224. The molecule has 1 aromatic rings. The van der Waals surface area contributed by atoms with Crippen LogP contribution in [0.4, 0.5) is 5.69 Å². The van der Waals surface area contributed by atoms with Crippen LogP contribution in [-0.2, 0) is 16.6 Å². The molecule has 2 rings (SSSR count). The molecule has 7 nitrogen and oxygen atoms in total. The van der Waals surface area contributed by atoms with Gasteiger partial charge in [-0.1, -0.05) is 13.3 Å². The number of nitrogens with zero attached hydrogens (tertiary/aromatic N) is 3. The maximum Gasteiger partial charge on any atom is 0.241 e. The Labute approximate surface area is 156 Å². The first-order chi connectivity index (χ1) is 12.3. The smallest absolute Gasteiger partial charge is 0.241 e. The molecule has 1 fully saturated rings. The van der Waals surface area contributed by atoms with E-state index in [1.165, 1.54) is 0 Å². The standard InChI is InChI=1S/C19H33N5O2/c1-6-7-10-20-19(26)16-8-11-24(12-9-16)15(4)18(25)21-17-13(2)22-23(5)14(17)3/h15-16H,6-12H2,1-5H3,(H,20,26)(H,21,25). The number of hydrogen-bond acceptors (Lipinski definition) is 4. The van der Waals surface area contributed by atoms with E-state index in [2.05, 4.69) is 27.6 Å². The fourth-order valence-electron chi connectivity index (χ4n) is 3.43. The van der Waals surface area contributed by atoms with Gasteiger partial charge >= 0.3 is 0 Å². The number of likely N-dealkylation sites (tertiary alicyclic amines) is 1. The van der Waals surface area contributed by atoms with E-state index < -0.39 is 0 Å². The van der Waals surface area contributed by atoms with Crippen molar-refractivity contribution in [3.8, 4) is 0 Å². The van der Waals surface area contributed by atoms with Crippen molar-refractivity contribution >= 4 is 17.5 Å². The van der Waals surface area contributed by atoms with Gasteiger partial charge < -0.3 is 10.6 Å². The molecule has 2 amide bonds. The number of hydrogen-bond donors (Lipinski definition) is 2. The summed E-state index contributed by atoms with van der Waals surface area (Å²) in [4.78, 5) is 27.0. The van der Waals surface area contributed by atoms with Crippen LogP contribution in [-0.4, -0.2) is 52.2 Å². The molecule has 0 bridgehead atoms. The lowest BCUT2D eigenvalue weighted by Gasteiger charge is -2.34. The highest BCUT2D eigenvalue weighted by Gasteiger charge is 2.30. The Balaban J connectivity index is 1.84. The molecule has 0 saturated carbocycles. The zero-order valence-corrected chi connectivity index (χ0v) is 16.8. The van der Waals surface area contributed by atoms with E-state index in [0.717, 1.165) is 62.4 Å². The van der Waals surface area contributed by atoms with Crippen LogP contribution in [0.3, 0.4) is 0 Å². The van der Waals surface area contributed by atoms with E-state index in [1.54, 1.807) is 4.68 Å². The summed E-state index contributed by atoms with van der Waals surface area (Å²) >= 11 is 0. The number of carbonyl (C=O) groups is 2. The van der Waals surface area contributed by atoms with E-state index in [4.69, 9.17) is 0 Å². The van der Waals surface area contributed by atoms with Crippen LogP contribution >= 0.6 is 0 Å². The minimum absolute atomic E-state index is 0.0185. The third-order valence-corrected chi connectivity index (χ3v) is 5.41. The molecule has 1 aliphatic rings. The number of unbranched alkanes of at least 4 members (excludes halogenated alkanes) is 1. The number of amides is 2. The summed E-state index contributed by atoms with van der Waals surface area (Å²) in [5, 5.41) is 10.4. The van der Waals surface area contributed by atoms with Gasteiger partial charge in [-0.15, -0.1) is 0 Å². The lowest BCUT2D eigenvalue weighted by Crippen LogP contribution is -2.48. The first kappa shape index (κ1) is 20.4. The van der Waals surface area contributed by atoms with Crippen molar-refractivity contribution in [2.24, 2.45) is 13.0 Å². The molecule has 26 heavy (non-hydrogen) atoms. The van der Waals surface area contributed by atoms with Crippen LogP contribution in [0.15, 0.2) is 0 Å². The largest absolute Gasteiger partial charge is 0.356 e. The normalized spacial score (nSPS) is 17.1. The molecule has 0 aromatic carbocycles. The minimum Gasteiger partial charge on any atom is -0.356 e. The van der Waals surface area contributed by atoms with E-state index in [1.807, 2.05) is 27.8 Å². The average molecular weight is 364 g/mol. The zero-order chi connectivity index (χ0) is 19.3. The number of piperidine rings is 1. The molecule has 146 valence electrons. The van der Waals surface area contributed by atoms with Gasteiger partial charge in [0.05, 0.1) is 23.1 Å². The second kappa shape index (κ2) is 9.16. The summed E-state index contributed by atoms with van der Waals surface area (Å²) in [6, 6.07) is -0.224. The number of rotatable bonds is 7. The molecule has 2 N–H and O–H groups in total. The van der Waals surface area contributed by atoms with Gasteiger partial charge in [-0.25, -0.2) is 0 Å². The van der Waals surface area contributed by atoms with Gasteiger partial charge in [0.1, 0.15) is 0 Å². The third-order valence-electron chi connectivity index (χ3n) is 5.41. The summed E-state index contributed by atoms with van der Waals surface area (Å²) < 4.78 is 1.78. The molecule has 1 aliphatic heterocycles. The SMILES string of the molecule is CCCCNC(=O)C1CCN(C(C)C(=O)Nc2c(C)nn(C)c2C)CC1. The maximum atomic E-state index is 12.6. The second-order valence-electron chi connectivity index (χ2n) is 7.29. The van der Waals surface area contributed by atoms with Gasteiger partial charge in [0.15, 0.2) is 0 Å². The summed E-state index contributed by atoms with van der Waals surface area (Å²) in [5.41, 5.74) is 2.58. The van der Waals surface area contributed by atoms with Gasteiger partial charge in [0.25, 0.3) is 0 Å². The van der Waals surface area contributed by atoms with Crippen molar-refractivity contribution in [1.29, 1.82) is 0 Å². The Bertz CT molecular complexity index is 632. The number of aryl methyl sites for hydroxylation is 2. The number of anilines is 1. The van der Waals surface area contributed by atoms with Crippen molar-refractivity contribution in [3.05, 3.63) is 11.4 Å². The predicted octanol–water partition coefficient (Wildman–Crippen LogP) is 1.99. The van der Waals surface area contributed by atoms with Gasteiger partial charge in [0, 0.05) is 19.5 Å². The van der Waals surface area contributed by atoms with Crippen molar-refractivity contribution < 1.29 is 9.59 Å². The first-order valence-corrected chi connectivity index (χ1v) is 9.68. The molecule has 1 unspecified atom stereocenters. The van der Waals surface area contributed by atoms with Crippen LogP contribution in [0.5, 0.6) is 0 Å². The molecule has 7 heteroatoms. The van der Waals surface area contributed by atoms with Crippen molar-refractivity contribution in [1.82, 2.24) is 20.0 Å². The monoisotopic (exact) mass is 363 g/mol. The predicted molar refractivity (Wildman–Crippen MR) is 103 cm³/mol. The van der Waals surface area contributed by atoms with Crippen molar-refractivity contribution in [2.45, 2.75) is 59.4 Å². The Hall–Kier alpha value is -1.89. The highest BCUT2D eigenvalue weighted by atomic mass is 16.2. The van der Waals surface area contributed by atoms with E-state index >= 15 is 0 Å². The number of carbonyl (C=O) groups excluding carboxylic acids is 2. The van der Waals surface area contributed by atoms with E-state index in [-0.39, 0.29) is 23.8 Å². The average Bonchev–Trinajstić information content (AvgIpc) is 2.87. The summed E-state index contributed by atoms with van der Waals surface area (Å²) in [7, 11) is 1.87. The fraction of sp³-hybridized carbons (Fsp3) is 0.737. The van der Waals surface area contributed by atoms with Crippen molar-refractivity contribution in [2.75, 3.05) is 25.0 Å². The van der Waals surface area contributed by atoms with Gasteiger partial charge in [0.2, 0.25) is 11.8 Å². The van der Waals surface area contributed by atoms with Crippen molar-refractivity contribution in [3.63, 3.8) is 0 Å². The molecule has 0 spiro atoms. The van der Waals surface area contributed by atoms with Gasteiger partial charge in [-0.2, -0.15) is 5.10 Å². The van der Waals surface area contributed by atoms with Crippen LogP contribution in [0.2, 0.25) is 0 Å². The van der Waals surface area contributed by atoms with E-state index in [9.17, 15) is 9.59 Å². The maximum absolute atomic E-state index is 12.6. The Morgan fingerprint density at radius 1 is 1.27 bits per heavy atom. The summed E-state index contributed by atoms with van der Waals surface area (Å²) in [6.07, 6.45) is 3.72. The summed E-state index contributed by atoms with van der Waals surface area (Å²) in [5.74, 6) is 0.216. The lowest BCUT2D eigenvalue weighted by atomic mass is 9.95. The Morgan fingerprint density at radius 3 is 2.46 bits per heavy atom. The number of aromatic nitrogens is 2. The summed E-state index contributed by atoms with van der Waals surface area (Å²) in [6.45, 7) is 10.2. The van der Waals surface area contributed by atoms with Crippen LogP contribution in [0, 0.1) is 19.8 Å². The van der Waals surface area contributed by atoms with Crippen LogP contribution in [0.25, 0.3) is 0 Å². The molecular formula is C19H33N5O2. The molecule has 2 heterocycles. The first-order valence-electron chi connectivity index (χ1n) is 9.68. The highest BCUT2D eigenvalue weighted by molar-refractivity contribution is 5.95. The second-order valence-corrected chi connectivity index (χ2v) is 7.29. The topological polar surface area (TPSA) is 79.3 Å². The molecular weight excluding hydrogens is 330 g/mol. The molecule has 1 saturated heterocycles. The Morgan fingerprint density at radius 2 is 1.92 bits per heavy atom. The zero-order valence-electron chi connectivity index (χ0n) is 16.8. The molecule has 0 radical (unpaired) electrons. The fourth-order valence-corrected chi connectivity index (χ4v) is 3.43. The quantitative estimate of drug-likeness (QED) is 0.726. The van der Waals surface area contributed by atoms with Gasteiger partial charge in [-0.3, -0.25) is 19.2 Å².